The number of amides is 1. The van der Waals surface area contributed by atoms with Crippen molar-refractivity contribution in [1.82, 2.24) is 10.6 Å². The summed E-state index contributed by atoms with van der Waals surface area (Å²) in [6, 6.07) is 0.221. The maximum Gasteiger partial charge on any atom is 0.229 e. The van der Waals surface area contributed by atoms with E-state index in [1.807, 2.05) is 0 Å². The number of nitrogens with one attached hydrogen (secondary N) is 2. The van der Waals surface area contributed by atoms with E-state index in [1.165, 1.54) is 5.57 Å². The van der Waals surface area contributed by atoms with Crippen molar-refractivity contribution in [3.63, 3.8) is 0 Å². The number of rotatable bonds is 2. The smallest absolute Gasteiger partial charge is 0.229 e. The second-order valence-electron chi connectivity index (χ2n) is 6.81. The van der Waals surface area contributed by atoms with Crippen LogP contribution in [0.15, 0.2) is 28.8 Å². The molecule has 4 rings (SSSR count). The van der Waals surface area contributed by atoms with Crippen molar-refractivity contribution >= 4 is 22.8 Å². The standard InChI is InChI=1S/C17H23N3OS/c1-10-13-3-2-12(8-14(10)13)15-9-22-17(19-15)20-16(21)11-4-6-18-7-5-11/h2-3,8,10-11,13-15,18H,4-7,9H2,1H3,(H,19,20,21)/t10?,13?,14-,15?/m0/s1. The van der Waals surface area contributed by atoms with Crippen molar-refractivity contribution in [3.8, 4) is 0 Å². The lowest BCUT2D eigenvalue weighted by Crippen LogP contribution is -2.39. The average molecular weight is 317 g/mol. The molecule has 4 nitrogen and oxygen atoms in total. The molecule has 0 aromatic carbocycles. The third kappa shape index (κ3) is 2.76. The number of carbonyl (C=O) groups is 1. The van der Waals surface area contributed by atoms with Crippen molar-refractivity contribution in [2.45, 2.75) is 25.8 Å². The molecule has 2 aliphatic carbocycles. The molecular formula is C17H23N3OS. The highest BCUT2D eigenvalue weighted by Gasteiger charge is 2.45. The van der Waals surface area contributed by atoms with Crippen molar-refractivity contribution in [2.75, 3.05) is 18.8 Å². The lowest BCUT2D eigenvalue weighted by molar-refractivity contribution is -0.124. The third-order valence-electron chi connectivity index (χ3n) is 5.39. The molecule has 2 aliphatic heterocycles. The molecule has 118 valence electrons. The highest BCUT2D eigenvalue weighted by atomic mass is 32.2. The number of piperidine rings is 1. The quantitative estimate of drug-likeness (QED) is 0.818. The first kappa shape index (κ1) is 14.5. The Morgan fingerprint density at radius 2 is 2.18 bits per heavy atom. The summed E-state index contributed by atoms with van der Waals surface area (Å²) in [6.07, 6.45) is 8.86. The van der Waals surface area contributed by atoms with E-state index in [0.717, 1.165) is 54.6 Å². The monoisotopic (exact) mass is 317 g/mol. The Bertz CT molecular complexity index is 562. The van der Waals surface area contributed by atoms with Crippen molar-refractivity contribution in [3.05, 3.63) is 23.8 Å². The molecule has 3 unspecified atom stereocenters. The predicted molar refractivity (Wildman–Crippen MR) is 90.8 cm³/mol. The Morgan fingerprint density at radius 3 is 2.95 bits per heavy atom. The maximum atomic E-state index is 12.3. The van der Waals surface area contributed by atoms with Crippen LogP contribution in [-0.2, 0) is 4.79 Å². The molecule has 1 saturated heterocycles. The summed E-state index contributed by atoms with van der Waals surface area (Å²) in [6.45, 7) is 4.20. The normalized spacial score (nSPS) is 37.3. The van der Waals surface area contributed by atoms with Crippen LogP contribution in [0, 0.1) is 23.7 Å². The summed E-state index contributed by atoms with van der Waals surface area (Å²) < 4.78 is 0. The predicted octanol–water partition coefficient (Wildman–Crippen LogP) is 1.95. The summed E-state index contributed by atoms with van der Waals surface area (Å²) in [5.74, 6) is 3.53. The van der Waals surface area contributed by atoms with E-state index < -0.39 is 0 Å². The van der Waals surface area contributed by atoms with E-state index in [1.54, 1.807) is 11.8 Å². The van der Waals surface area contributed by atoms with Crippen LogP contribution in [0.1, 0.15) is 19.8 Å². The van der Waals surface area contributed by atoms with Gasteiger partial charge in [0.15, 0.2) is 5.17 Å². The van der Waals surface area contributed by atoms with Crippen LogP contribution in [-0.4, -0.2) is 36.0 Å². The molecule has 22 heavy (non-hydrogen) atoms. The number of allylic oxidation sites excluding steroid dienone is 2. The fourth-order valence-corrected chi connectivity index (χ4v) is 4.68. The summed E-state index contributed by atoms with van der Waals surface area (Å²) >= 11 is 1.68. The number of hydrogen-bond acceptors (Lipinski definition) is 4. The first-order chi connectivity index (χ1) is 10.7. The molecule has 0 aromatic heterocycles. The topological polar surface area (TPSA) is 53.5 Å². The van der Waals surface area contributed by atoms with Gasteiger partial charge in [-0.05, 0) is 49.3 Å². The van der Waals surface area contributed by atoms with E-state index in [2.05, 4.69) is 35.8 Å². The van der Waals surface area contributed by atoms with E-state index in [-0.39, 0.29) is 17.9 Å². The molecule has 0 bridgehead atoms. The van der Waals surface area contributed by atoms with Crippen LogP contribution in [0.2, 0.25) is 0 Å². The lowest BCUT2D eigenvalue weighted by Gasteiger charge is -2.21. The zero-order valence-electron chi connectivity index (χ0n) is 12.9. The van der Waals surface area contributed by atoms with Crippen LogP contribution in [0.4, 0.5) is 0 Å². The molecule has 4 aliphatic rings. The van der Waals surface area contributed by atoms with E-state index in [9.17, 15) is 4.79 Å². The van der Waals surface area contributed by atoms with E-state index >= 15 is 0 Å². The van der Waals surface area contributed by atoms with Gasteiger partial charge in [-0.15, -0.1) is 0 Å². The Balaban J connectivity index is 1.37. The van der Waals surface area contributed by atoms with Gasteiger partial charge in [0.2, 0.25) is 5.91 Å². The molecule has 0 aromatic rings. The zero-order chi connectivity index (χ0) is 15.1. The second-order valence-corrected chi connectivity index (χ2v) is 7.82. The summed E-state index contributed by atoms with van der Waals surface area (Å²) in [4.78, 5) is 17.0. The van der Waals surface area contributed by atoms with Gasteiger partial charge < -0.3 is 10.6 Å². The molecule has 1 amide bonds. The molecule has 1 saturated carbocycles. The first-order valence-corrected chi connectivity index (χ1v) is 9.33. The van der Waals surface area contributed by atoms with Crippen molar-refractivity contribution in [1.29, 1.82) is 0 Å². The molecule has 2 heterocycles. The van der Waals surface area contributed by atoms with Gasteiger partial charge in [0.05, 0.1) is 6.04 Å². The molecule has 2 N–H and O–H groups in total. The minimum Gasteiger partial charge on any atom is -0.317 e. The third-order valence-corrected chi connectivity index (χ3v) is 6.35. The summed E-state index contributed by atoms with van der Waals surface area (Å²) in [5, 5.41) is 7.15. The van der Waals surface area contributed by atoms with Crippen molar-refractivity contribution in [2.24, 2.45) is 28.7 Å². The fourth-order valence-electron chi connectivity index (χ4n) is 3.72. The van der Waals surface area contributed by atoms with Crippen LogP contribution in [0.25, 0.3) is 0 Å². The first-order valence-electron chi connectivity index (χ1n) is 8.34. The lowest BCUT2D eigenvalue weighted by atomic mass is 9.97. The Hall–Kier alpha value is -1.07. The van der Waals surface area contributed by atoms with Crippen LogP contribution in [0.5, 0.6) is 0 Å². The van der Waals surface area contributed by atoms with E-state index in [4.69, 9.17) is 4.99 Å². The molecule has 4 atom stereocenters. The van der Waals surface area contributed by atoms with Gasteiger partial charge in [0.25, 0.3) is 0 Å². The van der Waals surface area contributed by atoms with E-state index in [0.29, 0.717) is 0 Å². The summed E-state index contributed by atoms with van der Waals surface area (Å²) in [5.41, 5.74) is 1.34. The minimum atomic E-state index is 0.144. The number of hydrogen-bond donors (Lipinski definition) is 2. The van der Waals surface area contributed by atoms with Crippen LogP contribution < -0.4 is 10.6 Å². The number of fused-ring (bicyclic) bond motifs is 1. The van der Waals surface area contributed by atoms with Gasteiger partial charge >= 0.3 is 0 Å². The van der Waals surface area contributed by atoms with Crippen LogP contribution >= 0.6 is 11.8 Å². The maximum absolute atomic E-state index is 12.3. The molecule has 0 radical (unpaired) electrons. The van der Waals surface area contributed by atoms with Crippen LogP contribution in [0.3, 0.4) is 0 Å². The van der Waals surface area contributed by atoms with Crippen molar-refractivity contribution < 1.29 is 4.79 Å². The number of carbonyl (C=O) groups excluding carboxylic acids is 1. The minimum absolute atomic E-state index is 0.144. The zero-order valence-corrected chi connectivity index (χ0v) is 13.7. The van der Waals surface area contributed by atoms with Gasteiger partial charge in [0.1, 0.15) is 0 Å². The number of amidine groups is 1. The Kier molecular flexibility index (Phi) is 3.86. The number of aliphatic imine (C=N–C) groups is 1. The molecule has 5 heteroatoms. The summed E-state index contributed by atoms with van der Waals surface area (Å²) in [7, 11) is 0. The van der Waals surface area contributed by atoms with Gasteiger partial charge in [0, 0.05) is 11.7 Å². The highest BCUT2D eigenvalue weighted by Crippen LogP contribution is 2.51. The second kappa shape index (κ2) is 5.85. The fraction of sp³-hybridized carbons (Fsp3) is 0.647. The number of thioether (sulfide) groups is 1. The Morgan fingerprint density at radius 1 is 1.36 bits per heavy atom. The van der Waals surface area contributed by atoms with Gasteiger partial charge in [-0.2, -0.15) is 0 Å². The molecule has 2 fully saturated rings. The SMILES string of the molecule is CC1C2C=CC(C3CSC(NC(=O)C4CCNCC4)=N3)=C[C@@H]12. The highest BCUT2D eigenvalue weighted by molar-refractivity contribution is 8.14. The largest absolute Gasteiger partial charge is 0.317 e. The van der Waals surface area contributed by atoms with Gasteiger partial charge in [-0.3, -0.25) is 9.79 Å². The molecular weight excluding hydrogens is 294 g/mol. The number of nitrogens with zero attached hydrogens (tertiary/aromatic N) is 1. The average Bonchev–Trinajstić information content (AvgIpc) is 2.97. The van der Waals surface area contributed by atoms with Gasteiger partial charge in [-0.1, -0.05) is 36.9 Å². The Labute approximate surface area is 135 Å². The molecule has 0 spiro atoms. The van der Waals surface area contributed by atoms with Gasteiger partial charge in [-0.25, -0.2) is 0 Å².